The van der Waals surface area contributed by atoms with Gasteiger partial charge in [-0.25, -0.2) is 0 Å². The van der Waals surface area contributed by atoms with E-state index in [0.29, 0.717) is 21.7 Å². The molecule has 1 heterocycles. The molecule has 0 unspecified atom stereocenters. The van der Waals surface area contributed by atoms with Gasteiger partial charge in [0.1, 0.15) is 5.82 Å². The number of halogens is 2. The average Bonchev–Trinajstić information content (AvgIpc) is 3.15. The molecule has 0 aliphatic rings. The minimum absolute atomic E-state index is 0.00486. The molecular formula is C23H19Cl2N5O2S. The predicted molar refractivity (Wildman–Crippen MR) is 133 cm³/mol. The van der Waals surface area contributed by atoms with E-state index in [9.17, 15) is 9.59 Å². The molecule has 2 amide bonds. The Morgan fingerprint density at radius 3 is 2.45 bits per heavy atom. The Labute approximate surface area is 204 Å². The van der Waals surface area contributed by atoms with Crippen LogP contribution in [-0.4, -0.2) is 32.3 Å². The number of rotatable bonds is 7. The van der Waals surface area contributed by atoms with Crippen LogP contribution in [0.15, 0.2) is 65.8 Å². The third-order valence-corrected chi connectivity index (χ3v) is 6.70. The number of hydrogen-bond acceptors (Lipinski definition) is 5. The van der Waals surface area contributed by atoms with Crippen molar-refractivity contribution in [2.45, 2.75) is 11.6 Å². The molecule has 7 nitrogen and oxygen atoms in total. The Morgan fingerprint density at radius 1 is 0.909 bits per heavy atom. The standard InChI is InChI=1S/C23H19Cl2N5O2S/c1-30-19(12-20(31)27-18-11-5-9-16(24)22(18)25)28-29-23(30)33-13-21(32)26-17-10-4-7-14-6-2-3-8-15(14)17/h2-11H,12-13H2,1H3,(H,26,32)(H,27,31). The van der Waals surface area contributed by atoms with Crippen LogP contribution in [0.5, 0.6) is 0 Å². The van der Waals surface area contributed by atoms with Gasteiger partial charge in [-0.05, 0) is 23.6 Å². The van der Waals surface area contributed by atoms with Crippen LogP contribution in [0.1, 0.15) is 5.82 Å². The minimum Gasteiger partial charge on any atom is -0.325 e. The molecule has 0 aliphatic carbocycles. The lowest BCUT2D eigenvalue weighted by molar-refractivity contribution is -0.116. The van der Waals surface area contributed by atoms with Crippen LogP contribution in [0, 0.1) is 0 Å². The molecule has 1 aromatic heterocycles. The maximum absolute atomic E-state index is 12.5. The topological polar surface area (TPSA) is 88.9 Å². The van der Waals surface area contributed by atoms with E-state index < -0.39 is 0 Å². The molecule has 0 atom stereocenters. The zero-order valence-electron chi connectivity index (χ0n) is 17.5. The van der Waals surface area contributed by atoms with Gasteiger partial charge in [0.15, 0.2) is 5.16 Å². The second-order valence-corrected chi connectivity index (χ2v) is 8.88. The predicted octanol–water partition coefficient (Wildman–Crippen LogP) is 5.19. The van der Waals surface area contributed by atoms with Gasteiger partial charge in [0.05, 0.1) is 27.9 Å². The van der Waals surface area contributed by atoms with E-state index in [1.807, 2.05) is 42.5 Å². The Balaban J connectivity index is 1.35. The molecule has 0 radical (unpaired) electrons. The highest BCUT2D eigenvalue weighted by atomic mass is 35.5. The largest absolute Gasteiger partial charge is 0.325 e. The number of benzene rings is 3. The van der Waals surface area contributed by atoms with Crippen LogP contribution in [0.25, 0.3) is 10.8 Å². The lowest BCUT2D eigenvalue weighted by Crippen LogP contribution is -2.17. The molecule has 33 heavy (non-hydrogen) atoms. The summed E-state index contributed by atoms with van der Waals surface area (Å²) in [6, 6.07) is 18.6. The molecule has 0 aliphatic heterocycles. The van der Waals surface area contributed by atoms with Crippen LogP contribution in [0.2, 0.25) is 10.0 Å². The minimum atomic E-state index is -0.306. The third-order valence-electron chi connectivity index (χ3n) is 4.87. The summed E-state index contributed by atoms with van der Waals surface area (Å²) in [5.41, 5.74) is 1.18. The van der Waals surface area contributed by atoms with Crippen molar-refractivity contribution in [2.75, 3.05) is 16.4 Å². The molecule has 0 spiro atoms. The van der Waals surface area contributed by atoms with Crippen LogP contribution < -0.4 is 10.6 Å². The molecule has 0 saturated carbocycles. The van der Waals surface area contributed by atoms with Crippen molar-refractivity contribution in [3.05, 3.63) is 76.5 Å². The van der Waals surface area contributed by atoms with E-state index in [0.717, 1.165) is 16.5 Å². The van der Waals surface area contributed by atoms with Gasteiger partial charge in [0, 0.05) is 18.1 Å². The molecule has 168 valence electrons. The summed E-state index contributed by atoms with van der Waals surface area (Å²) in [6.45, 7) is 0. The number of carbonyl (C=O) groups excluding carboxylic acids is 2. The number of anilines is 2. The van der Waals surface area contributed by atoms with Crippen LogP contribution >= 0.6 is 35.0 Å². The number of fused-ring (bicyclic) bond motifs is 1. The van der Waals surface area contributed by atoms with E-state index in [2.05, 4.69) is 20.8 Å². The molecule has 0 bridgehead atoms. The maximum atomic E-state index is 12.5. The number of hydrogen-bond donors (Lipinski definition) is 2. The summed E-state index contributed by atoms with van der Waals surface area (Å²) in [6.07, 6.45) is -0.00486. The number of carbonyl (C=O) groups is 2. The third kappa shape index (κ3) is 5.47. The second-order valence-electron chi connectivity index (χ2n) is 7.15. The van der Waals surface area contributed by atoms with E-state index in [-0.39, 0.29) is 29.0 Å². The van der Waals surface area contributed by atoms with Gasteiger partial charge in [0.2, 0.25) is 11.8 Å². The second kappa shape index (κ2) is 10.2. The molecule has 4 rings (SSSR count). The molecule has 10 heteroatoms. The van der Waals surface area contributed by atoms with Gasteiger partial charge in [-0.2, -0.15) is 0 Å². The summed E-state index contributed by atoms with van der Waals surface area (Å²) in [5, 5.41) is 17.0. The van der Waals surface area contributed by atoms with Gasteiger partial charge >= 0.3 is 0 Å². The fraction of sp³-hybridized carbons (Fsp3) is 0.130. The fourth-order valence-electron chi connectivity index (χ4n) is 3.21. The molecule has 4 aromatic rings. The number of nitrogens with one attached hydrogen (secondary N) is 2. The van der Waals surface area contributed by atoms with Crippen molar-refractivity contribution in [2.24, 2.45) is 7.05 Å². The van der Waals surface area contributed by atoms with E-state index >= 15 is 0 Å². The van der Waals surface area contributed by atoms with Crippen molar-refractivity contribution >= 4 is 68.9 Å². The summed E-state index contributed by atoms with van der Waals surface area (Å²) in [5.74, 6) is 0.149. The molecule has 2 N–H and O–H groups in total. The summed E-state index contributed by atoms with van der Waals surface area (Å²) in [7, 11) is 1.75. The SMILES string of the molecule is Cn1c(CC(=O)Nc2cccc(Cl)c2Cl)nnc1SCC(=O)Nc1cccc2ccccc12. The fourth-order valence-corrected chi connectivity index (χ4v) is 4.29. The quantitative estimate of drug-likeness (QED) is 0.341. The normalized spacial score (nSPS) is 10.9. The number of aromatic nitrogens is 3. The van der Waals surface area contributed by atoms with Crippen molar-refractivity contribution in [1.29, 1.82) is 0 Å². The Bertz CT molecular complexity index is 1340. The van der Waals surface area contributed by atoms with Gasteiger partial charge in [0.25, 0.3) is 0 Å². The van der Waals surface area contributed by atoms with Gasteiger partial charge < -0.3 is 15.2 Å². The first-order valence-electron chi connectivity index (χ1n) is 9.95. The molecular weight excluding hydrogens is 481 g/mol. The summed E-state index contributed by atoms with van der Waals surface area (Å²) >= 11 is 13.3. The monoisotopic (exact) mass is 499 g/mol. The maximum Gasteiger partial charge on any atom is 0.234 e. The van der Waals surface area contributed by atoms with Crippen LogP contribution in [-0.2, 0) is 23.1 Å². The van der Waals surface area contributed by atoms with Gasteiger partial charge in [-0.15, -0.1) is 10.2 Å². The van der Waals surface area contributed by atoms with Gasteiger partial charge in [-0.1, -0.05) is 77.4 Å². The molecule has 3 aromatic carbocycles. The van der Waals surface area contributed by atoms with Crippen molar-refractivity contribution in [3.8, 4) is 0 Å². The van der Waals surface area contributed by atoms with Crippen LogP contribution in [0.4, 0.5) is 11.4 Å². The van der Waals surface area contributed by atoms with E-state index in [4.69, 9.17) is 23.2 Å². The number of thioether (sulfide) groups is 1. The molecule has 0 saturated heterocycles. The van der Waals surface area contributed by atoms with E-state index in [1.54, 1.807) is 29.8 Å². The Kier molecular flexibility index (Phi) is 7.17. The highest BCUT2D eigenvalue weighted by molar-refractivity contribution is 7.99. The number of amides is 2. The number of nitrogens with zero attached hydrogens (tertiary/aromatic N) is 3. The van der Waals surface area contributed by atoms with Gasteiger partial charge in [-0.3, -0.25) is 9.59 Å². The Hall–Kier alpha value is -3.07. The lowest BCUT2D eigenvalue weighted by Gasteiger charge is -2.09. The van der Waals surface area contributed by atoms with E-state index in [1.165, 1.54) is 11.8 Å². The van der Waals surface area contributed by atoms with Crippen molar-refractivity contribution < 1.29 is 9.59 Å². The Morgan fingerprint density at radius 2 is 1.61 bits per heavy atom. The summed E-state index contributed by atoms with van der Waals surface area (Å²) < 4.78 is 1.69. The first-order valence-corrected chi connectivity index (χ1v) is 11.7. The smallest absolute Gasteiger partial charge is 0.234 e. The zero-order valence-corrected chi connectivity index (χ0v) is 19.8. The highest BCUT2D eigenvalue weighted by Gasteiger charge is 2.16. The lowest BCUT2D eigenvalue weighted by atomic mass is 10.1. The molecule has 0 fully saturated rings. The average molecular weight is 500 g/mol. The van der Waals surface area contributed by atoms with Crippen molar-refractivity contribution in [1.82, 2.24) is 14.8 Å². The van der Waals surface area contributed by atoms with Crippen molar-refractivity contribution in [3.63, 3.8) is 0 Å². The first kappa shape index (κ1) is 23.1. The van der Waals surface area contributed by atoms with Crippen LogP contribution in [0.3, 0.4) is 0 Å². The summed E-state index contributed by atoms with van der Waals surface area (Å²) in [4.78, 5) is 24.9. The highest BCUT2D eigenvalue weighted by Crippen LogP contribution is 2.29. The zero-order chi connectivity index (χ0) is 23.4. The first-order chi connectivity index (χ1) is 15.9.